The molecule has 0 fully saturated rings. The van der Waals surface area contributed by atoms with E-state index in [4.69, 9.17) is 16.3 Å². The van der Waals surface area contributed by atoms with E-state index in [0.717, 1.165) is 0 Å². The van der Waals surface area contributed by atoms with Crippen LogP contribution in [0.2, 0.25) is 0 Å². The lowest BCUT2D eigenvalue weighted by Gasteiger charge is -2.04. The molecule has 0 aliphatic rings. The van der Waals surface area contributed by atoms with Crippen LogP contribution in [0.1, 0.15) is 34.6 Å². The lowest BCUT2D eigenvalue weighted by molar-refractivity contribution is 0.0526. The summed E-state index contributed by atoms with van der Waals surface area (Å²) in [6.45, 7) is 3.69. The normalized spacial score (nSPS) is 11.9. The van der Waals surface area contributed by atoms with Crippen LogP contribution in [-0.4, -0.2) is 23.7 Å². The minimum Gasteiger partial charge on any atom is -0.462 e. The van der Waals surface area contributed by atoms with E-state index in [1.54, 1.807) is 38.1 Å². The Balaban J connectivity index is 2.83. The van der Waals surface area contributed by atoms with Crippen molar-refractivity contribution in [3.63, 3.8) is 0 Å². The number of ether oxygens (including phenoxy) is 1. The average molecular weight is 241 g/mol. The molecule has 1 aromatic rings. The van der Waals surface area contributed by atoms with Gasteiger partial charge in [0.15, 0.2) is 5.78 Å². The van der Waals surface area contributed by atoms with Crippen molar-refractivity contribution in [2.45, 2.75) is 19.2 Å². The molecule has 0 aliphatic heterocycles. The molecule has 3 nitrogen and oxygen atoms in total. The zero-order chi connectivity index (χ0) is 12.1. The Morgan fingerprint density at radius 2 is 1.75 bits per heavy atom. The van der Waals surface area contributed by atoms with Crippen LogP contribution in [0.4, 0.5) is 0 Å². The van der Waals surface area contributed by atoms with Crippen molar-refractivity contribution >= 4 is 23.4 Å². The largest absolute Gasteiger partial charge is 0.462 e. The fourth-order valence-corrected chi connectivity index (χ4v) is 1.34. The van der Waals surface area contributed by atoms with Gasteiger partial charge in [-0.3, -0.25) is 4.79 Å². The Labute approximate surface area is 99.4 Å². The summed E-state index contributed by atoms with van der Waals surface area (Å²) < 4.78 is 4.83. The number of halogens is 1. The van der Waals surface area contributed by atoms with Crippen LogP contribution in [0.25, 0.3) is 0 Å². The topological polar surface area (TPSA) is 43.4 Å². The number of carbonyl (C=O) groups excluding carboxylic acids is 2. The molecule has 0 saturated carbocycles. The highest BCUT2D eigenvalue weighted by Gasteiger charge is 2.13. The van der Waals surface area contributed by atoms with Crippen molar-refractivity contribution in [3.05, 3.63) is 35.4 Å². The SMILES string of the molecule is CCOC(=O)c1ccc(C(=O)C(C)Cl)cc1. The lowest BCUT2D eigenvalue weighted by atomic mass is 10.1. The Bertz CT molecular complexity index is 382. The fourth-order valence-electron chi connectivity index (χ4n) is 1.21. The van der Waals surface area contributed by atoms with Crippen LogP contribution < -0.4 is 0 Å². The molecule has 86 valence electrons. The molecule has 16 heavy (non-hydrogen) atoms. The maximum absolute atomic E-state index is 11.5. The standard InChI is InChI=1S/C12H13ClO3/c1-3-16-12(15)10-6-4-9(5-7-10)11(14)8(2)13/h4-8H,3H2,1-2H3. The minimum atomic E-state index is -0.562. The van der Waals surface area contributed by atoms with E-state index < -0.39 is 5.38 Å². The van der Waals surface area contributed by atoms with Gasteiger partial charge in [-0.05, 0) is 26.0 Å². The number of benzene rings is 1. The summed E-state index contributed by atoms with van der Waals surface area (Å²) in [5.74, 6) is -0.544. The van der Waals surface area contributed by atoms with Crippen LogP contribution in [0, 0.1) is 0 Å². The first-order chi connectivity index (χ1) is 7.56. The highest BCUT2D eigenvalue weighted by atomic mass is 35.5. The molecule has 0 N–H and O–H groups in total. The molecular formula is C12H13ClO3. The monoisotopic (exact) mass is 240 g/mol. The molecule has 1 aromatic carbocycles. The Morgan fingerprint density at radius 3 is 2.19 bits per heavy atom. The second-order valence-electron chi connectivity index (χ2n) is 3.28. The third kappa shape index (κ3) is 3.07. The first kappa shape index (κ1) is 12.7. The highest BCUT2D eigenvalue weighted by Crippen LogP contribution is 2.10. The molecule has 1 atom stereocenters. The van der Waals surface area contributed by atoms with Crippen molar-refractivity contribution in [3.8, 4) is 0 Å². The van der Waals surface area contributed by atoms with E-state index in [0.29, 0.717) is 17.7 Å². The molecule has 0 saturated heterocycles. The number of alkyl halides is 1. The Morgan fingerprint density at radius 1 is 1.25 bits per heavy atom. The van der Waals surface area contributed by atoms with Crippen LogP contribution in [0.15, 0.2) is 24.3 Å². The predicted octanol–water partition coefficient (Wildman–Crippen LogP) is 2.67. The van der Waals surface area contributed by atoms with Crippen molar-refractivity contribution in [1.29, 1.82) is 0 Å². The highest BCUT2D eigenvalue weighted by molar-refractivity contribution is 6.33. The minimum absolute atomic E-state index is 0.155. The summed E-state index contributed by atoms with van der Waals surface area (Å²) in [4.78, 5) is 22.8. The quantitative estimate of drug-likeness (QED) is 0.462. The van der Waals surface area contributed by atoms with E-state index in [1.165, 1.54) is 0 Å². The maximum atomic E-state index is 11.5. The van der Waals surface area contributed by atoms with E-state index >= 15 is 0 Å². The van der Waals surface area contributed by atoms with Crippen LogP contribution in [0.5, 0.6) is 0 Å². The van der Waals surface area contributed by atoms with Crippen molar-refractivity contribution in [2.24, 2.45) is 0 Å². The molecule has 0 spiro atoms. The smallest absolute Gasteiger partial charge is 0.338 e. The van der Waals surface area contributed by atoms with Gasteiger partial charge in [0.2, 0.25) is 0 Å². The Kier molecular flexibility index (Phi) is 4.50. The predicted molar refractivity (Wildman–Crippen MR) is 62.0 cm³/mol. The summed E-state index contributed by atoms with van der Waals surface area (Å²) in [6, 6.07) is 6.27. The maximum Gasteiger partial charge on any atom is 0.338 e. The molecule has 0 amide bonds. The summed E-state index contributed by atoms with van der Waals surface area (Å²) in [5, 5.41) is -0.562. The molecular weight excluding hydrogens is 228 g/mol. The molecule has 0 radical (unpaired) electrons. The van der Waals surface area contributed by atoms with E-state index in [2.05, 4.69) is 0 Å². The van der Waals surface area contributed by atoms with Gasteiger partial charge in [-0.1, -0.05) is 12.1 Å². The molecule has 0 aliphatic carbocycles. The van der Waals surface area contributed by atoms with Gasteiger partial charge < -0.3 is 4.74 Å². The van der Waals surface area contributed by atoms with Crippen molar-refractivity contribution < 1.29 is 14.3 Å². The molecule has 1 rings (SSSR count). The van der Waals surface area contributed by atoms with Gasteiger partial charge >= 0.3 is 5.97 Å². The van der Waals surface area contributed by atoms with Crippen molar-refractivity contribution in [2.75, 3.05) is 6.61 Å². The average Bonchev–Trinajstić information content (AvgIpc) is 2.28. The zero-order valence-electron chi connectivity index (χ0n) is 9.20. The van der Waals surface area contributed by atoms with Crippen LogP contribution in [0.3, 0.4) is 0 Å². The second kappa shape index (κ2) is 5.66. The molecule has 0 heterocycles. The first-order valence-corrected chi connectivity index (χ1v) is 5.45. The van der Waals surface area contributed by atoms with Gasteiger partial charge in [0, 0.05) is 5.56 Å². The molecule has 4 heteroatoms. The first-order valence-electron chi connectivity index (χ1n) is 5.01. The van der Waals surface area contributed by atoms with Gasteiger partial charge in [0.05, 0.1) is 17.5 Å². The number of hydrogen-bond donors (Lipinski definition) is 0. The van der Waals surface area contributed by atoms with E-state index in [9.17, 15) is 9.59 Å². The van der Waals surface area contributed by atoms with Crippen LogP contribution in [-0.2, 0) is 4.74 Å². The number of ketones is 1. The lowest BCUT2D eigenvalue weighted by Crippen LogP contribution is -2.11. The summed E-state index contributed by atoms with van der Waals surface area (Å²) >= 11 is 5.67. The molecule has 0 aromatic heterocycles. The third-order valence-electron chi connectivity index (χ3n) is 2.04. The number of carbonyl (C=O) groups is 2. The summed E-state index contributed by atoms with van der Waals surface area (Å²) in [6.07, 6.45) is 0. The number of esters is 1. The van der Waals surface area contributed by atoms with Gasteiger partial charge in [0.1, 0.15) is 0 Å². The number of Topliss-reactive ketones (excluding diaryl/α,β-unsaturated/α-hetero) is 1. The fraction of sp³-hybridized carbons (Fsp3) is 0.333. The van der Waals surface area contributed by atoms with Gasteiger partial charge in [0.25, 0.3) is 0 Å². The zero-order valence-corrected chi connectivity index (χ0v) is 9.95. The van der Waals surface area contributed by atoms with E-state index in [-0.39, 0.29) is 11.8 Å². The van der Waals surface area contributed by atoms with Gasteiger partial charge in [-0.15, -0.1) is 11.6 Å². The van der Waals surface area contributed by atoms with E-state index in [1.807, 2.05) is 0 Å². The Hall–Kier alpha value is -1.35. The van der Waals surface area contributed by atoms with Gasteiger partial charge in [-0.25, -0.2) is 4.79 Å². The third-order valence-corrected chi connectivity index (χ3v) is 2.24. The van der Waals surface area contributed by atoms with Crippen LogP contribution >= 0.6 is 11.6 Å². The van der Waals surface area contributed by atoms with Crippen molar-refractivity contribution in [1.82, 2.24) is 0 Å². The number of hydrogen-bond acceptors (Lipinski definition) is 3. The van der Waals surface area contributed by atoms with Gasteiger partial charge in [-0.2, -0.15) is 0 Å². The summed E-state index contributed by atoms with van der Waals surface area (Å²) in [7, 11) is 0. The number of rotatable bonds is 4. The molecule has 0 bridgehead atoms. The second-order valence-corrected chi connectivity index (χ2v) is 3.93. The summed E-state index contributed by atoms with van der Waals surface area (Å²) in [5.41, 5.74) is 0.927. The molecule has 1 unspecified atom stereocenters.